The maximum Gasteiger partial charge on any atom is 0.338 e. The molecule has 0 unspecified atom stereocenters. The topological polar surface area (TPSA) is 52.6 Å². The number of thiophene rings is 1. The Morgan fingerprint density at radius 1 is 1.22 bits per heavy atom. The predicted octanol–water partition coefficient (Wildman–Crippen LogP) is 2.92. The van der Waals surface area contributed by atoms with E-state index < -0.39 is 11.9 Å². The Hall–Kier alpha value is -1.88. The summed E-state index contributed by atoms with van der Waals surface area (Å²) in [5, 5.41) is 0.834. The molecule has 0 amide bonds. The molecular weight excluding hydrogens is 252 g/mol. The summed E-state index contributed by atoms with van der Waals surface area (Å²) >= 11 is 1.54. The van der Waals surface area contributed by atoms with E-state index in [1.165, 1.54) is 31.4 Å². The quantitative estimate of drug-likeness (QED) is 0.618. The monoisotopic (exact) mass is 264 g/mol. The Morgan fingerprint density at radius 3 is 2.56 bits per heavy atom. The number of rotatable bonds is 2. The first kappa shape index (κ1) is 12.6. The van der Waals surface area contributed by atoms with Gasteiger partial charge >= 0.3 is 11.9 Å². The number of carbonyl (C=O) groups excluding carboxylic acids is 2. The molecule has 1 heterocycles. The third kappa shape index (κ3) is 2.36. The molecule has 0 aliphatic carbocycles. The minimum atomic E-state index is -0.448. The van der Waals surface area contributed by atoms with Crippen LogP contribution in [0.1, 0.15) is 22.2 Å². The van der Waals surface area contributed by atoms with Crippen molar-refractivity contribution in [3.63, 3.8) is 0 Å². The number of carbonyl (C=O) groups is 2. The number of benzene rings is 1. The number of fused-ring (bicyclic) bond motifs is 1. The summed E-state index contributed by atoms with van der Waals surface area (Å²) in [6.07, 6.45) is 0. The van der Waals surface area contributed by atoms with Crippen molar-refractivity contribution in [2.75, 3.05) is 7.11 Å². The van der Waals surface area contributed by atoms with Crippen LogP contribution in [-0.2, 0) is 9.53 Å². The van der Waals surface area contributed by atoms with E-state index in [0.29, 0.717) is 11.3 Å². The summed E-state index contributed by atoms with van der Waals surface area (Å²) in [5.74, 6) is -0.469. The van der Waals surface area contributed by atoms with Crippen molar-refractivity contribution in [3.05, 3.63) is 28.6 Å². The van der Waals surface area contributed by atoms with Crippen LogP contribution in [0.15, 0.2) is 18.2 Å². The number of hydrogen-bond donors (Lipinski definition) is 0. The van der Waals surface area contributed by atoms with Gasteiger partial charge in [-0.2, -0.15) is 0 Å². The molecule has 0 fully saturated rings. The molecule has 0 radical (unpaired) electrons. The van der Waals surface area contributed by atoms with Crippen LogP contribution in [0.4, 0.5) is 0 Å². The zero-order valence-electron chi connectivity index (χ0n) is 10.3. The molecule has 0 bridgehead atoms. The van der Waals surface area contributed by atoms with E-state index in [-0.39, 0.29) is 0 Å². The average molecular weight is 264 g/mol. The Balaban J connectivity index is 2.63. The van der Waals surface area contributed by atoms with Crippen LogP contribution in [-0.4, -0.2) is 19.0 Å². The SMILES string of the molecule is COC(=O)c1cc(OC(C)=O)c2cc(C)sc2c1. The fraction of sp³-hybridized carbons (Fsp3) is 0.231. The van der Waals surface area contributed by atoms with Gasteiger partial charge < -0.3 is 9.47 Å². The fourth-order valence-electron chi connectivity index (χ4n) is 1.71. The Bertz CT molecular complexity index is 627. The lowest BCUT2D eigenvalue weighted by molar-refractivity contribution is -0.131. The molecule has 2 aromatic rings. The zero-order chi connectivity index (χ0) is 13.3. The molecule has 1 aromatic carbocycles. The second-order valence-corrected chi connectivity index (χ2v) is 5.12. The van der Waals surface area contributed by atoms with Crippen molar-refractivity contribution >= 4 is 33.4 Å². The summed E-state index contributed by atoms with van der Waals surface area (Å²) in [4.78, 5) is 23.7. The minimum Gasteiger partial charge on any atom is -0.465 e. The van der Waals surface area contributed by atoms with Gasteiger partial charge in [0.25, 0.3) is 0 Å². The lowest BCUT2D eigenvalue weighted by atomic mass is 10.1. The van der Waals surface area contributed by atoms with Crippen LogP contribution >= 0.6 is 11.3 Å². The molecule has 1 aromatic heterocycles. The Kier molecular flexibility index (Phi) is 3.34. The van der Waals surface area contributed by atoms with Gasteiger partial charge in [0.15, 0.2) is 0 Å². The number of hydrogen-bond acceptors (Lipinski definition) is 5. The van der Waals surface area contributed by atoms with Gasteiger partial charge in [0.05, 0.1) is 12.7 Å². The standard InChI is InChI=1S/C13H12O4S/c1-7-4-10-11(17-8(2)14)5-9(13(15)16-3)6-12(10)18-7/h4-6H,1-3H3. The van der Waals surface area contributed by atoms with Gasteiger partial charge in [-0.25, -0.2) is 4.79 Å². The summed E-state index contributed by atoms with van der Waals surface area (Å²) in [6.45, 7) is 3.29. The first-order chi connectivity index (χ1) is 8.51. The molecule has 0 saturated carbocycles. The Labute approximate surface area is 108 Å². The van der Waals surface area contributed by atoms with E-state index in [1.807, 2.05) is 13.0 Å². The van der Waals surface area contributed by atoms with Gasteiger partial charge in [-0.05, 0) is 25.1 Å². The fourth-order valence-corrected chi connectivity index (χ4v) is 2.69. The van der Waals surface area contributed by atoms with Gasteiger partial charge in [0.2, 0.25) is 0 Å². The van der Waals surface area contributed by atoms with E-state index >= 15 is 0 Å². The van der Waals surface area contributed by atoms with Crippen LogP contribution in [0.2, 0.25) is 0 Å². The second kappa shape index (κ2) is 4.78. The van der Waals surface area contributed by atoms with E-state index in [1.54, 1.807) is 6.07 Å². The number of esters is 2. The molecule has 0 saturated heterocycles. The van der Waals surface area contributed by atoms with E-state index in [4.69, 9.17) is 4.74 Å². The third-order valence-electron chi connectivity index (χ3n) is 2.40. The van der Waals surface area contributed by atoms with Crippen LogP contribution < -0.4 is 4.74 Å². The molecule has 0 aliphatic rings. The van der Waals surface area contributed by atoms with E-state index in [9.17, 15) is 9.59 Å². The summed E-state index contributed by atoms with van der Waals surface area (Å²) < 4.78 is 10.7. The molecule has 0 aliphatic heterocycles. The third-order valence-corrected chi connectivity index (χ3v) is 3.39. The van der Waals surface area contributed by atoms with Gasteiger partial charge in [0, 0.05) is 21.9 Å². The Morgan fingerprint density at radius 2 is 1.94 bits per heavy atom. The number of ether oxygens (including phenoxy) is 2. The highest BCUT2D eigenvalue weighted by Crippen LogP contribution is 2.34. The average Bonchev–Trinajstić information content (AvgIpc) is 2.68. The van der Waals surface area contributed by atoms with Gasteiger partial charge in [-0.15, -0.1) is 11.3 Å². The molecular formula is C13H12O4S. The highest BCUT2D eigenvalue weighted by Gasteiger charge is 2.14. The van der Waals surface area contributed by atoms with Crippen molar-refractivity contribution in [2.24, 2.45) is 0 Å². The van der Waals surface area contributed by atoms with Crippen molar-refractivity contribution in [2.45, 2.75) is 13.8 Å². The van der Waals surface area contributed by atoms with Crippen molar-refractivity contribution in [1.29, 1.82) is 0 Å². The lowest BCUT2D eigenvalue weighted by Gasteiger charge is -2.05. The molecule has 94 valence electrons. The maximum atomic E-state index is 11.5. The van der Waals surface area contributed by atoms with E-state index in [2.05, 4.69) is 4.74 Å². The molecule has 0 N–H and O–H groups in total. The second-order valence-electron chi connectivity index (χ2n) is 3.83. The van der Waals surface area contributed by atoms with Gasteiger partial charge in [-0.1, -0.05) is 0 Å². The maximum absolute atomic E-state index is 11.5. The number of aryl methyl sites for hydroxylation is 1. The van der Waals surface area contributed by atoms with Crippen LogP contribution in [0.3, 0.4) is 0 Å². The molecule has 0 spiro atoms. The van der Waals surface area contributed by atoms with Crippen molar-refractivity contribution < 1.29 is 19.1 Å². The van der Waals surface area contributed by atoms with Crippen LogP contribution in [0, 0.1) is 6.92 Å². The first-order valence-corrected chi connectivity index (χ1v) is 6.14. The molecule has 18 heavy (non-hydrogen) atoms. The highest BCUT2D eigenvalue weighted by molar-refractivity contribution is 7.19. The summed E-state index contributed by atoms with van der Waals surface area (Å²) in [7, 11) is 1.32. The predicted molar refractivity (Wildman–Crippen MR) is 69.2 cm³/mol. The normalized spacial score (nSPS) is 10.4. The minimum absolute atomic E-state index is 0.378. The van der Waals surface area contributed by atoms with Crippen molar-refractivity contribution in [1.82, 2.24) is 0 Å². The van der Waals surface area contributed by atoms with Crippen LogP contribution in [0.5, 0.6) is 5.75 Å². The largest absolute Gasteiger partial charge is 0.465 e. The first-order valence-electron chi connectivity index (χ1n) is 5.32. The smallest absolute Gasteiger partial charge is 0.338 e. The zero-order valence-corrected chi connectivity index (χ0v) is 11.1. The summed E-state index contributed by atoms with van der Waals surface area (Å²) in [5.41, 5.74) is 0.378. The highest BCUT2D eigenvalue weighted by atomic mass is 32.1. The molecule has 2 rings (SSSR count). The number of methoxy groups -OCH3 is 1. The summed E-state index contributed by atoms with van der Waals surface area (Å²) in [6, 6.07) is 5.20. The van der Waals surface area contributed by atoms with Crippen molar-refractivity contribution in [3.8, 4) is 5.75 Å². The molecule has 5 heteroatoms. The van der Waals surface area contributed by atoms with Crippen LogP contribution in [0.25, 0.3) is 10.1 Å². The molecule has 0 atom stereocenters. The lowest BCUT2D eigenvalue weighted by Crippen LogP contribution is -2.05. The van der Waals surface area contributed by atoms with E-state index in [0.717, 1.165) is 15.0 Å². The van der Waals surface area contributed by atoms with Gasteiger partial charge in [-0.3, -0.25) is 4.79 Å². The van der Waals surface area contributed by atoms with Gasteiger partial charge in [0.1, 0.15) is 5.75 Å². The molecule has 4 nitrogen and oxygen atoms in total.